The molecule has 2 amide bonds. The van der Waals surface area contributed by atoms with E-state index in [1.807, 2.05) is 24.3 Å². The summed E-state index contributed by atoms with van der Waals surface area (Å²) >= 11 is 0. The van der Waals surface area contributed by atoms with E-state index in [9.17, 15) is 9.59 Å². The number of furan rings is 1. The first-order chi connectivity index (χ1) is 13.6. The van der Waals surface area contributed by atoms with Crippen LogP contribution in [-0.2, 0) is 9.59 Å². The van der Waals surface area contributed by atoms with E-state index in [1.54, 1.807) is 37.5 Å². The molecule has 142 valence electrons. The van der Waals surface area contributed by atoms with Gasteiger partial charge in [0.15, 0.2) is 11.3 Å². The van der Waals surface area contributed by atoms with E-state index >= 15 is 0 Å². The molecular formula is C22H20N2O4. The van der Waals surface area contributed by atoms with Gasteiger partial charge in [-0.05, 0) is 55.3 Å². The molecule has 28 heavy (non-hydrogen) atoms. The van der Waals surface area contributed by atoms with Crippen molar-refractivity contribution in [3.05, 3.63) is 60.4 Å². The number of rotatable bonds is 6. The van der Waals surface area contributed by atoms with Crippen molar-refractivity contribution in [1.82, 2.24) is 0 Å². The van der Waals surface area contributed by atoms with Crippen LogP contribution < -0.4 is 15.4 Å². The van der Waals surface area contributed by atoms with Gasteiger partial charge in [0.2, 0.25) is 11.8 Å². The largest absolute Gasteiger partial charge is 0.493 e. The molecule has 0 unspecified atom stereocenters. The summed E-state index contributed by atoms with van der Waals surface area (Å²) in [6.45, 7) is 0. The molecule has 6 heteroatoms. The highest BCUT2D eigenvalue weighted by atomic mass is 16.5. The van der Waals surface area contributed by atoms with E-state index in [-0.39, 0.29) is 17.7 Å². The van der Waals surface area contributed by atoms with E-state index in [0.29, 0.717) is 22.8 Å². The SMILES string of the molecule is COc1cccc2cc(/C=C/C(=O)Nc3ccc(NC(=O)C4CC4)cc3)oc12. The minimum atomic E-state index is -0.276. The summed E-state index contributed by atoms with van der Waals surface area (Å²) in [5.74, 6) is 1.15. The molecule has 2 aromatic carbocycles. The second-order valence-electron chi connectivity index (χ2n) is 6.69. The van der Waals surface area contributed by atoms with Crippen LogP contribution >= 0.6 is 0 Å². The quantitative estimate of drug-likeness (QED) is 0.623. The van der Waals surface area contributed by atoms with Gasteiger partial charge in [0.25, 0.3) is 0 Å². The maximum atomic E-state index is 12.2. The van der Waals surface area contributed by atoms with Crippen LogP contribution in [0.25, 0.3) is 17.0 Å². The smallest absolute Gasteiger partial charge is 0.248 e. The van der Waals surface area contributed by atoms with Crippen molar-refractivity contribution in [2.24, 2.45) is 5.92 Å². The summed E-state index contributed by atoms with van der Waals surface area (Å²) in [5.41, 5.74) is 2.01. The maximum absolute atomic E-state index is 12.2. The first-order valence-corrected chi connectivity index (χ1v) is 9.09. The Morgan fingerprint density at radius 1 is 1.07 bits per heavy atom. The molecule has 1 aromatic heterocycles. The molecule has 1 heterocycles. The molecule has 4 rings (SSSR count). The Bertz CT molecular complexity index is 1050. The number of fused-ring (bicyclic) bond motifs is 1. The Hall–Kier alpha value is -3.54. The van der Waals surface area contributed by atoms with Gasteiger partial charge in [-0.25, -0.2) is 0 Å². The van der Waals surface area contributed by atoms with Crippen molar-refractivity contribution >= 4 is 40.2 Å². The van der Waals surface area contributed by atoms with Crippen LogP contribution in [0.4, 0.5) is 11.4 Å². The first-order valence-electron chi connectivity index (χ1n) is 9.09. The van der Waals surface area contributed by atoms with Crippen molar-refractivity contribution in [2.75, 3.05) is 17.7 Å². The second-order valence-corrected chi connectivity index (χ2v) is 6.69. The number of nitrogens with one attached hydrogen (secondary N) is 2. The fourth-order valence-electron chi connectivity index (χ4n) is 2.87. The third-order valence-electron chi connectivity index (χ3n) is 4.51. The van der Waals surface area contributed by atoms with Gasteiger partial charge in [-0.1, -0.05) is 12.1 Å². The van der Waals surface area contributed by atoms with Gasteiger partial charge < -0.3 is 19.8 Å². The number of amides is 2. The monoisotopic (exact) mass is 376 g/mol. The van der Waals surface area contributed by atoms with Crippen molar-refractivity contribution in [1.29, 1.82) is 0 Å². The average molecular weight is 376 g/mol. The predicted octanol–water partition coefficient (Wildman–Crippen LogP) is 4.44. The van der Waals surface area contributed by atoms with Crippen LogP contribution in [0.5, 0.6) is 5.75 Å². The molecule has 0 spiro atoms. The molecule has 0 aliphatic heterocycles. The van der Waals surface area contributed by atoms with Crippen LogP contribution in [-0.4, -0.2) is 18.9 Å². The van der Waals surface area contributed by atoms with Crippen LogP contribution in [0.3, 0.4) is 0 Å². The number of methoxy groups -OCH3 is 1. The zero-order valence-electron chi connectivity index (χ0n) is 15.4. The van der Waals surface area contributed by atoms with Crippen LogP contribution in [0.15, 0.2) is 59.0 Å². The molecule has 0 atom stereocenters. The predicted molar refractivity (Wildman–Crippen MR) is 108 cm³/mol. The maximum Gasteiger partial charge on any atom is 0.248 e. The fourth-order valence-corrected chi connectivity index (χ4v) is 2.87. The zero-order valence-corrected chi connectivity index (χ0v) is 15.4. The highest BCUT2D eigenvalue weighted by molar-refractivity contribution is 6.02. The highest BCUT2D eigenvalue weighted by Crippen LogP contribution is 2.30. The minimum absolute atomic E-state index is 0.0576. The summed E-state index contributed by atoms with van der Waals surface area (Å²) in [6, 6.07) is 14.5. The van der Waals surface area contributed by atoms with Gasteiger partial charge >= 0.3 is 0 Å². The molecule has 2 N–H and O–H groups in total. The number of benzene rings is 2. The molecule has 3 aromatic rings. The number of carbonyl (C=O) groups is 2. The van der Waals surface area contributed by atoms with Gasteiger partial charge in [-0.3, -0.25) is 9.59 Å². The number of hydrogen-bond acceptors (Lipinski definition) is 4. The Morgan fingerprint density at radius 3 is 2.46 bits per heavy atom. The van der Waals surface area contributed by atoms with Crippen LogP contribution in [0, 0.1) is 5.92 Å². The lowest BCUT2D eigenvalue weighted by Crippen LogP contribution is -2.13. The van der Waals surface area contributed by atoms with E-state index < -0.39 is 0 Å². The molecule has 1 fully saturated rings. The Kier molecular flexibility index (Phi) is 4.85. The summed E-state index contributed by atoms with van der Waals surface area (Å²) in [4.78, 5) is 23.9. The summed E-state index contributed by atoms with van der Waals surface area (Å²) in [7, 11) is 1.59. The van der Waals surface area contributed by atoms with E-state index in [2.05, 4.69) is 10.6 Å². The van der Waals surface area contributed by atoms with E-state index in [1.165, 1.54) is 6.08 Å². The third-order valence-corrected chi connectivity index (χ3v) is 4.51. The number of para-hydroxylation sites is 1. The Labute approximate surface area is 162 Å². The lowest BCUT2D eigenvalue weighted by molar-refractivity contribution is -0.117. The molecule has 0 saturated heterocycles. The summed E-state index contributed by atoms with van der Waals surface area (Å²) < 4.78 is 11.0. The molecule has 1 aliphatic rings. The molecule has 0 radical (unpaired) electrons. The van der Waals surface area contributed by atoms with Gasteiger partial charge in [-0.2, -0.15) is 0 Å². The molecule has 1 saturated carbocycles. The lowest BCUT2D eigenvalue weighted by atomic mass is 10.2. The second kappa shape index (κ2) is 7.60. The van der Waals surface area contributed by atoms with Crippen molar-refractivity contribution in [2.45, 2.75) is 12.8 Å². The Balaban J connectivity index is 1.37. The topological polar surface area (TPSA) is 80.6 Å². The standard InChI is InChI=1S/C22H20N2O4/c1-27-19-4-2-3-15-13-18(28-21(15)19)11-12-20(25)23-16-7-9-17(10-8-16)24-22(26)14-5-6-14/h2-4,7-14H,5-6H2,1H3,(H,23,25)(H,24,26)/b12-11+. The van der Waals surface area contributed by atoms with Crippen molar-refractivity contribution < 1.29 is 18.7 Å². The number of anilines is 2. The molecule has 0 bridgehead atoms. The molecule has 1 aliphatic carbocycles. The van der Waals surface area contributed by atoms with E-state index in [4.69, 9.17) is 9.15 Å². The normalized spacial score (nSPS) is 13.6. The number of ether oxygens (including phenoxy) is 1. The van der Waals surface area contributed by atoms with Crippen LogP contribution in [0.2, 0.25) is 0 Å². The average Bonchev–Trinajstić information content (AvgIpc) is 3.47. The van der Waals surface area contributed by atoms with Gasteiger partial charge in [0.05, 0.1) is 7.11 Å². The van der Waals surface area contributed by atoms with Crippen LogP contribution in [0.1, 0.15) is 18.6 Å². The van der Waals surface area contributed by atoms with Gasteiger partial charge in [0, 0.05) is 28.8 Å². The van der Waals surface area contributed by atoms with E-state index in [0.717, 1.165) is 23.9 Å². The third kappa shape index (κ3) is 4.06. The number of carbonyl (C=O) groups excluding carboxylic acids is 2. The molecule has 6 nitrogen and oxygen atoms in total. The zero-order chi connectivity index (χ0) is 19.5. The summed E-state index contributed by atoms with van der Waals surface area (Å²) in [6.07, 6.45) is 4.95. The minimum Gasteiger partial charge on any atom is -0.493 e. The highest BCUT2D eigenvalue weighted by Gasteiger charge is 2.29. The fraction of sp³-hybridized carbons (Fsp3) is 0.182. The Morgan fingerprint density at radius 2 is 1.79 bits per heavy atom. The lowest BCUT2D eigenvalue weighted by Gasteiger charge is -2.06. The van der Waals surface area contributed by atoms with Gasteiger partial charge in [0.1, 0.15) is 5.76 Å². The van der Waals surface area contributed by atoms with Crippen molar-refractivity contribution in [3.63, 3.8) is 0 Å². The first kappa shape index (κ1) is 17.9. The number of hydrogen-bond donors (Lipinski definition) is 2. The van der Waals surface area contributed by atoms with Crippen molar-refractivity contribution in [3.8, 4) is 5.75 Å². The summed E-state index contributed by atoms with van der Waals surface area (Å²) in [5, 5.41) is 6.55. The van der Waals surface area contributed by atoms with Gasteiger partial charge in [-0.15, -0.1) is 0 Å². The molecular weight excluding hydrogens is 356 g/mol.